The van der Waals surface area contributed by atoms with E-state index in [0.717, 1.165) is 18.4 Å². The predicted octanol–water partition coefficient (Wildman–Crippen LogP) is 2.53. The van der Waals surface area contributed by atoms with Crippen LogP contribution >= 0.6 is 0 Å². The Morgan fingerprint density at radius 1 is 1.35 bits per heavy atom. The third-order valence-electron chi connectivity index (χ3n) is 4.99. The Bertz CT molecular complexity index is 718. The summed E-state index contributed by atoms with van der Waals surface area (Å²) >= 11 is 0. The van der Waals surface area contributed by atoms with Gasteiger partial charge in [-0.3, -0.25) is 4.55 Å². The van der Waals surface area contributed by atoms with Crippen molar-refractivity contribution in [3.05, 3.63) is 11.6 Å². The molecule has 2 bridgehead atoms. The Labute approximate surface area is 148 Å². The Hall–Kier alpha value is -1.20. The summed E-state index contributed by atoms with van der Waals surface area (Å²) in [6, 6.07) is 0. The van der Waals surface area contributed by atoms with Crippen molar-refractivity contribution in [1.82, 2.24) is 0 Å². The first-order valence-electron chi connectivity index (χ1n) is 7.89. The number of alkyl halides is 4. The SMILES string of the molecule is CC1(COC(=O)C(F)(C(F)(F)F)S(=O)(=O)O)C=C2CCCC(CO)(C2)C1. The van der Waals surface area contributed by atoms with E-state index in [-0.39, 0.29) is 13.0 Å². The van der Waals surface area contributed by atoms with Crippen molar-refractivity contribution in [3.8, 4) is 0 Å². The highest BCUT2D eigenvalue weighted by Gasteiger charge is 2.72. The van der Waals surface area contributed by atoms with Crippen molar-refractivity contribution in [3.63, 3.8) is 0 Å². The van der Waals surface area contributed by atoms with Crippen molar-refractivity contribution in [2.75, 3.05) is 13.2 Å². The molecular weight excluding hydrogens is 384 g/mol. The first kappa shape index (κ1) is 21.1. The summed E-state index contributed by atoms with van der Waals surface area (Å²) in [5.74, 6) is -2.74. The average molecular weight is 404 g/mol. The molecule has 0 heterocycles. The van der Waals surface area contributed by atoms with Crippen molar-refractivity contribution in [2.24, 2.45) is 10.8 Å². The third kappa shape index (κ3) is 3.61. The zero-order valence-corrected chi connectivity index (χ0v) is 14.8. The molecule has 0 aliphatic heterocycles. The summed E-state index contributed by atoms with van der Waals surface area (Å²) in [7, 11) is -6.45. The molecule has 0 saturated heterocycles. The van der Waals surface area contributed by atoms with Gasteiger partial charge in [0.25, 0.3) is 0 Å². The normalized spacial score (nSPS) is 31.7. The van der Waals surface area contributed by atoms with Crippen molar-refractivity contribution < 1.29 is 45.2 Å². The second kappa shape index (κ2) is 6.45. The van der Waals surface area contributed by atoms with Crippen LogP contribution in [0.4, 0.5) is 17.6 Å². The lowest BCUT2D eigenvalue weighted by Crippen LogP contribution is -2.55. The average Bonchev–Trinajstić information content (AvgIpc) is 2.49. The summed E-state index contributed by atoms with van der Waals surface area (Å²) < 4.78 is 86.9. The van der Waals surface area contributed by atoms with E-state index in [1.54, 1.807) is 13.0 Å². The van der Waals surface area contributed by atoms with Gasteiger partial charge in [-0.25, -0.2) is 9.18 Å². The topological polar surface area (TPSA) is 101 Å². The fourth-order valence-corrected chi connectivity index (χ4v) is 4.56. The molecule has 3 atom stereocenters. The Kier molecular flexibility index (Phi) is 5.23. The monoisotopic (exact) mass is 404 g/mol. The lowest BCUT2D eigenvalue weighted by Gasteiger charge is -2.47. The zero-order valence-electron chi connectivity index (χ0n) is 14.0. The van der Waals surface area contributed by atoms with Gasteiger partial charge in [0.2, 0.25) is 0 Å². The lowest BCUT2D eigenvalue weighted by atomic mass is 9.59. The van der Waals surface area contributed by atoms with Gasteiger partial charge in [-0.2, -0.15) is 21.6 Å². The Morgan fingerprint density at radius 3 is 2.46 bits per heavy atom. The maximum atomic E-state index is 14.0. The Balaban J connectivity index is 2.23. The van der Waals surface area contributed by atoms with Crippen LogP contribution in [0.2, 0.25) is 0 Å². The molecule has 1 fully saturated rings. The van der Waals surface area contributed by atoms with Crippen LogP contribution in [0.1, 0.15) is 39.0 Å². The maximum absolute atomic E-state index is 14.0. The number of carbonyl (C=O) groups is 1. The van der Waals surface area contributed by atoms with E-state index in [0.29, 0.717) is 12.8 Å². The molecule has 0 aromatic heterocycles. The van der Waals surface area contributed by atoms with Gasteiger partial charge >= 0.3 is 27.3 Å². The van der Waals surface area contributed by atoms with Crippen LogP contribution in [-0.2, 0) is 19.6 Å². The second-order valence-electron chi connectivity index (χ2n) is 7.47. The minimum absolute atomic E-state index is 0.158. The summed E-state index contributed by atoms with van der Waals surface area (Å²) in [6.07, 6.45) is -1.33. The van der Waals surface area contributed by atoms with Crippen molar-refractivity contribution in [1.29, 1.82) is 0 Å². The van der Waals surface area contributed by atoms with Gasteiger partial charge in [-0.1, -0.05) is 18.6 Å². The molecule has 0 spiro atoms. The van der Waals surface area contributed by atoms with Gasteiger partial charge in [0.15, 0.2) is 0 Å². The largest absolute Gasteiger partial charge is 0.461 e. The quantitative estimate of drug-likeness (QED) is 0.316. The lowest BCUT2D eigenvalue weighted by molar-refractivity contribution is -0.216. The summed E-state index contributed by atoms with van der Waals surface area (Å²) in [5.41, 5.74) is -0.534. The highest BCUT2D eigenvalue weighted by molar-refractivity contribution is 7.88. The molecule has 2 aliphatic rings. The number of aliphatic hydroxyl groups excluding tert-OH is 1. The van der Waals surface area contributed by atoms with Crippen LogP contribution < -0.4 is 0 Å². The first-order valence-corrected chi connectivity index (χ1v) is 9.33. The van der Waals surface area contributed by atoms with Gasteiger partial charge in [0.1, 0.15) is 6.61 Å². The van der Waals surface area contributed by atoms with Gasteiger partial charge in [-0.15, -0.1) is 0 Å². The number of ether oxygens (including phenoxy) is 1. The van der Waals surface area contributed by atoms with Crippen molar-refractivity contribution >= 4 is 16.1 Å². The number of fused-ring (bicyclic) bond motifs is 2. The smallest absolute Gasteiger partial charge is 0.451 e. The summed E-state index contributed by atoms with van der Waals surface area (Å²) in [4.78, 5) is 11.6. The molecule has 26 heavy (non-hydrogen) atoms. The highest BCUT2D eigenvalue weighted by atomic mass is 32.2. The van der Waals surface area contributed by atoms with Crippen LogP contribution in [-0.4, -0.2) is 48.4 Å². The van der Waals surface area contributed by atoms with Crippen LogP contribution in [0, 0.1) is 10.8 Å². The van der Waals surface area contributed by atoms with E-state index in [9.17, 15) is 35.9 Å². The standard InChI is InChI=1S/C15H20F4O6S/c1-12(5-10-3-2-4-13(6-10,7-12)8-20)9-25-11(21)14(16,15(17,18)19)26(22,23)24/h5,20H,2-4,6-9H2,1H3,(H,22,23,24). The molecular formula is C15H20F4O6S. The van der Waals surface area contributed by atoms with Crippen LogP contribution in [0.15, 0.2) is 11.6 Å². The minimum atomic E-state index is -6.45. The van der Waals surface area contributed by atoms with Crippen LogP contribution in [0.3, 0.4) is 0 Å². The number of esters is 1. The van der Waals surface area contributed by atoms with E-state index in [4.69, 9.17) is 4.55 Å². The molecule has 3 unspecified atom stereocenters. The Morgan fingerprint density at radius 2 is 1.96 bits per heavy atom. The van der Waals surface area contributed by atoms with E-state index in [2.05, 4.69) is 4.74 Å². The van der Waals surface area contributed by atoms with E-state index < -0.39 is 44.7 Å². The number of carbonyl (C=O) groups excluding carboxylic acids is 1. The molecule has 0 amide bonds. The fourth-order valence-electron chi connectivity index (χ4n) is 4.00. The highest BCUT2D eigenvalue weighted by Crippen LogP contribution is 2.52. The molecule has 2 N–H and O–H groups in total. The minimum Gasteiger partial charge on any atom is -0.461 e. The van der Waals surface area contributed by atoms with Gasteiger partial charge in [0, 0.05) is 12.0 Å². The number of rotatable bonds is 5. The fraction of sp³-hybridized carbons (Fsp3) is 0.800. The number of allylic oxidation sites excluding steroid dienone is 1. The molecule has 6 nitrogen and oxygen atoms in total. The van der Waals surface area contributed by atoms with E-state index in [1.165, 1.54) is 0 Å². The predicted molar refractivity (Wildman–Crippen MR) is 81.2 cm³/mol. The molecule has 150 valence electrons. The number of halogens is 4. The maximum Gasteiger partial charge on any atom is 0.451 e. The second-order valence-corrected chi connectivity index (χ2v) is 8.98. The summed E-state index contributed by atoms with van der Waals surface area (Å²) in [6.45, 7) is 0.693. The van der Waals surface area contributed by atoms with E-state index in [1.807, 2.05) is 0 Å². The van der Waals surface area contributed by atoms with Gasteiger partial charge in [-0.05, 0) is 37.5 Å². The number of hydrogen-bond acceptors (Lipinski definition) is 5. The molecule has 0 radical (unpaired) electrons. The van der Waals surface area contributed by atoms with E-state index >= 15 is 0 Å². The summed E-state index contributed by atoms with van der Waals surface area (Å²) in [5, 5.41) is 4.14. The molecule has 0 aromatic carbocycles. The van der Waals surface area contributed by atoms with Crippen LogP contribution in [0.5, 0.6) is 0 Å². The van der Waals surface area contributed by atoms with Gasteiger partial charge < -0.3 is 9.84 Å². The number of aliphatic hydroxyl groups is 1. The molecule has 2 rings (SSSR count). The van der Waals surface area contributed by atoms with Crippen LogP contribution in [0.25, 0.3) is 0 Å². The molecule has 0 aromatic rings. The molecule has 11 heteroatoms. The molecule has 1 saturated carbocycles. The zero-order chi connectivity index (χ0) is 20.0. The molecule has 2 aliphatic carbocycles. The van der Waals surface area contributed by atoms with Gasteiger partial charge in [0.05, 0.1) is 0 Å². The third-order valence-corrected chi connectivity index (χ3v) is 6.10. The van der Waals surface area contributed by atoms with Crippen molar-refractivity contribution in [2.45, 2.75) is 50.2 Å². The number of hydrogen-bond donors (Lipinski definition) is 2. The first-order chi connectivity index (χ1) is 11.7.